The van der Waals surface area contributed by atoms with E-state index in [2.05, 4.69) is 19.7 Å². The minimum absolute atomic E-state index is 0.00621. The number of hydrogen-bond donors (Lipinski definition) is 1. The zero-order chi connectivity index (χ0) is 20.9. The molecule has 0 bridgehead atoms. The molecule has 10 heteroatoms. The van der Waals surface area contributed by atoms with Gasteiger partial charge in [-0.25, -0.2) is 18.4 Å². The predicted octanol–water partition coefficient (Wildman–Crippen LogP) is 4.33. The van der Waals surface area contributed by atoms with E-state index in [1.807, 2.05) is 22.9 Å². The Morgan fingerprint density at radius 3 is 2.40 bits per heavy atom. The number of rotatable bonds is 5. The molecular formula is C20H13Cl2N5O2S. The molecule has 2 aromatic heterocycles. The van der Waals surface area contributed by atoms with Crippen molar-refractivity contribution >= 4 is 55.5 Å². The average Bonchev–Trinajstić information content (AvgIpc) is 3.47. The van der Waals surface area contributed by atoms with Crippen molar-refractivity contribution in [3.63, 3.8) is 0 Å². The minimum atomic E-state index is -3.84. The zero-order valence-electron chi connectivity index (χ0n) is 15.3. The SMILES string of the molecule is O=S(=O)(Nc1ccc2c(ccn2-c2cnc(C3=NC3)cn2)c1)c1cc(Cl)cc(Cl)c1. The van der Waals surface area contributed by atoms with Crippen molar-refractivity contribution in [2.75, 3.05) is 11.3 Å². The maximum Gasteiger partial charge on any atom is 0.261 e. The Morgan fingerprint density at radius 1 is 0.967 bits per heavy atom. The van der Waals surface area contributed by atoms with Crippen LogP contribution in [-0.2, 0) is 10.0 Å². The number of halogens is 2. The van der Waals surface area contributed by atoms with Gasteiger partial charge in [0.1, 0.15) is 5.69 Å². The lowest BCUT2D eigenvalue weighted by Crippen LogP contribution is -2.13. The Hall–Kier alpha value is -2.94. The number of sulfonamides is 1. The number of benzene rings is 2. The van der Waals surface area contributed by atoms with E-state index in [0.717, 1.165) is 28.9 Å². The van der Waals surface area contributed by atoms with Crippen molar-refractivity contribution in [2.45, 2.75) is 4.90 Å². The maximum atomic E-state index is 12.7. The Morgan fingerprint density at radius 2 is 1.73 bits per heavy atom. The number of aliphatic imine (C=N–C) groups is 1. The van der Waals surface area contributed by atoms with Crippen molar-refractivity contribution in [1.29, 1.82) is 0 Å². The fourth-order valence-electron chi connectivity index (χ4n) is 3.10. The number of aromatic nitrogens is 3. The molecule has 3 heterocycles. The van der Waals surface area contributed by atoms with E-state index in [1.165, 1.54) is 18.2 Å². The largest absolute Gasteiger partial charge is 0.300 e. The smallest absolute Gasteiger partial charge is 0.261 e. The van der Waals surface area contributed by atoms with Crippen LogP contribution in [0.2, 0.25) is 10.0 Å². The minimum Gasteiger partial charge on any atom is -0.300 e. The third-order valence-corrected chi connectivity index (χ3v) is 6.38. The van der Waals surface area contributed by atoms with Crippen LogP contribution >= 0.6 is 23.2 Å². The summed E-state index contributed by atoms with van der Waals surface area (Å²) in [6.45, 7) is 0.723. The summed E-state index contributed by atoms with van der Waals surface area (Å²) in [5, 5.41) is 1.34. The topological polar surface area (TPSA) is 89.2 Å². The third-order valence-electron chi connectivity index (χ3n) is 4.59. The van der Waals surface area contributed by atoms with E-state index < -0.39 is 10.0 Å². The van der Waals surface area contributed by atoms with Crippen LogP contribution in [0.25, 0.3) is 16.7 Å². The summed E-state index contributed by atoms with van der Waals surface area (Å²) in [7, 11) is -3.84. The summed E-state index contributed by atoms with van der Waals surface area (Å²) in [6.07, 6.45) is 5.25. The summed E-state index contributed by atoms with van der Waals surface area (Å²) < 4.78 is 29.8. The number of anilines is 1. The average molecular weight is 458 g/mol. The van der Waals surface area contributed by atoms with E-state index in [9.17, 15) is 8.42 Å². The van der Waals surface area contributed by atoms with E-state index >= 15 is 0 Å². The van der Waals surface area contributed by atoms with Gasteiger partial charge in [-0.05, 0) is 42.5 Å². The molecule has 0 saturated carbocycles. The van der Waals surface area contributed by atoms with Crippen molar-refractivity contribution < 1.29 is 8.42 Å². The Balaban J connectivity index is 1.45. The molecule has 30 heavy (non-hydrogen) atoms. The fourth-order valence-corrected chi connectivity index (χ4v) is 4.87. The van der Waals surface area contributed by atoms with Gasteiger partial charge in [-0.3, -0.25) is 14.3 Å². The number of nitrogens with one attached hydrogen (secondary N) is 1. The first-order chi connectivity index (χ1) is 14.4. The molecule has 0 unspecified atom stereocenters. The molecule has 150 valence electrons. The van der Waals surface area contributed by atoms with Gasteiger partial charge in [-0.15, -0.1) is 0 Å². The quantitative estimate of drug-likeness (QED) is 0.482. The van der Waals surface area contributed by atoms with Gasteiger partial charge in [-0.1, -0.05) is 23.2 Å². The van der Waals surface area contributed by atoms with E-state index in [-0.39, 0.29) is 14.9 Å². The first-order valence-electron chi connectivity index (χ1n) is 8.85. The van der Waals surface area contributed by atoms with Crippen LogP contribution in [0.1, 0.15) is 5.69 Å². The third kappa shape index (κ3) is 3.65. The second-order valence-corrected chi connectivity index (χ2v) is 9.25. The zero-order valence-corrected chi connectivity index (χ0v) is 17.6. The molecule has 0 atom stereocenters. The monoisotopic (exact) mass is 457 g/mol. The summed E-state index contributed by atoms with van der Waals surface area (Å²) in [6, 6.07) is 11.3. The first-order valence-corrected chi connectivity index (χ1v) is 11.1. The Kier molecular flexibility index (Phi) is 4.50. The van der Waals surface area contributed by atoms with Crippen LogP contribution in [0.4, 0.5) is 5.69 Å². The molecule has 1 aliphatic rings. The maximum absolute atomic E-state index is 12.7. The summed E-state index contributed by atoms with van der Waals surface area (Å²) in [5.74, 6) is 0.664. The van der Waals surface area contributed by atoms with E-state index in [1.54, 1.807) is 24.5 Å². The molecule has 0 spiro atoms. The van der Waals surface area contributed by atoms with Gasteiger partial charge in [0.05, 0.1) is 35.1 Å². The molecule has 4 aromatic rings. The fraction of sp³-hybridized carbons (Fsp3) is 0.0500. The van der Waals surface area contributed by atoms with Gasteiger partial charge in [0.15, 0.2) is 5.82 Å². The standard InChI is InChI=1S/C20H13Cl2N5O2S/c21-13-6-14(22)8-16(7-13)30(28,29)26-15-1-2-19-12(5-15)3-4-27(19)20-11-24-18(10-25-20)17-9-23-17/h1-8,10-11,26H,9H2. The number of fused-ring (bicyclic) bond motifs is 1. The van der Waals surface area contributed by atoms with Gasteiger partial charge in [-0.2, -0.15) is 0 Å². The second kappa shape index (κ2) is 7.09. The molecule has 1 aliphatic heterocycles. The lowest BCUT2D eigenvalue weighted by molar-refractivity contribution is 0.601. The van der Waals surface area contributed by atoms with E-state index in [0.29, 0.717) is 11.5 Å². The van der Waals surface area contributed by atoms with Gasteiger partial charge in [0.25, 0.3) is 10.0 Å². The number of nitrogens with zero attached hydrogens (tertiary/aromatic N) is 4. The molecule has 0 amide bonds. The number of hydrogen-bond acceptors (Lipinski definition) is 5. The highest BCUT2D eigenvalue weighted by Crippen LogP contribution is 2.27. The molecule has 7 nitrogen and oxygen atoms in total. The molecule has 2 aromatic carbocycles. The van der Waals surface area contributed by atoms with Crippen LogP contribution in [0.15, 0.2) is 70.9 Å². The van der Waals surface area contributed by atoms with Crippen molar-refractivity contribution in [2.24, 2.45) is 4.99 Å². The predicted molar refractivity (Wildman–Crippen MR) is 118 cm³/mol. The molecule has 0 saturated heterocycles. The highest BCUT2D eigenvalue weighted by molar-refractivity contribution is 7.92. The summed E-state index contributed by atoms with van der Waals surface area (Å²) >= 11 is 11.9. The van der Waals surface area contributed by atoms with Crippen LogP contribution in [0.5, 0.6) is 0 Å². The Labute approximate surface area is 182 Å². The Bertz CT molecular complexity index is 1410. The normalized spacial score (nSPS) is 13.3. The van der Waals surface area contributed by atoms with Crippen molar-refractivity contribution in [1.82, 2.24) is 14.5 Å². The summed E-state index contributed by atoms with van der Waals surface area (Å²) in [4.78, 5) is 13.0. The van der Waals surface area contributed by atoms with Gasteiger partial charge < -0.3 is 0 Å². The first kappa shape index (κ1) is 19.0. The second-order valence-electron chi connectivity index (χ2n) is 6.69. The molecule has 1 N–H and O–H groups in total. The lowest BCUT2D eigenvalue weighted by atomic mass is 10.2. The van der Waals surface area contributed by atoms with Crippen LogP contribution in [-0.4, -0.2) is 35.2 Å². The summed E-state index contributed by atoms with van der Waals surface area (Å²) in [5.41, 5.74) is 3.04. The van der Waals surface area contributed by atoms with Gasteiger partial charge in [0.2, 0.25) is 0 Å². The van der Waals surface area contributed by atoms with Crippen LogP contribution < -0.4 is 4.72 Å². The molecule has 0 radical (unpaired) electrons. The highest BCUT2D eigenvalue weighted by atomic mass is 35.5. The van der Waals surface area contributed by atoms with E-state index in [4.69, 9.17) is 23.2 Å². The molecular weight excluding hydrogens is 445 g/mol. The molecule has 0 aliphatic carbocycles. The molecule has 5 rings (SSSR count). The molecule has 0 fully saturated rings. The van der Waals surface area contributed by atoms with Crippen molar-refractivity contribution in [3.8, 4) is 5.82 Å². The highest BCUT2D eigenvalue weighted by Gasteiger charge is 2.17. The van der Waals surface area contributed by atoms with Crippen LogP contribution in [0, 0.1) is 0 Å². The van der Waals surface area contributed by atoms with Crippen molar-refractivity contribution in [3.05, 3.63) is 76.8 Å². The van der Waals surface area contributed by atoms with Crippen LogP contribution in [0.3, 0.4) is 0 Å². The van der Waals surface area contributed by atoms with Gasteiger partial charge >= 0.3 is 0 Å². The lowest BCUT2D eigenvalue weighted by Gasteiger charge is -2.10. The van der Waals surface area contributed by atoms with Gasteiger partial charge in [0, 0.05) is 27.3 Å².